The number of unbranched alkanes of at least 4 members (excludes halogenated alkanes) is 4. The molecule has 1 heterocycles. The number of hydrogen-bond acceptors (Lipinski definition) is 3. The lowest BCUT2D eigenvalue weighted by Gasteiger charge is -2.07. The molecule has 0 unspecified atom stereocenters. The van der Waals surface area contributed by atoms with Gasteiger partial charge >= 0.3 is 0 Å². The van der Waals surface area contributed by atoms with E-state index in [0.717, 1.165) is 6.42 Å². The van der Waals surface area contributed by atoms with Crippen LogP contribution in [0.25, 0.3) is 0 Å². The van der Waals surface area contributed by atoms with Crippen molar-refractivity contribution in [3.63, 3.8) is 0 Å². The van der Waals surface area contributed by atoms with E-state index in [1.807, 2.05) is 0 Å². The number of ether oxygens (including phenoxy) is 1. The third kappa shape index (κ3) is 5.37. The molecular formula is C13H20ClNO2. The highest BCUT2D eigenvalue weighted by atomic mass is 35.5. The summed E-state index contributed by atoms with van der Waals surface area (Å²) in [4.78, 5) is 4.06. The van der Waals surface area contributed by atoms with E-state index >= 15 is 0 Å². The molecule has 0 aliphatic rings. The number of halogens is 1. The number of aromatic nitrogens is 1. The van der Waals surface area contributed by atoms with E-state index in [1.54, 1.807) is 6.07 Å². The molecule has 0 bridgehead atoms. The summed E-state index contributed by atoms with van der Waals surface area (Å²) in [7, 11) is 0. The van der Waals surface area contributed by atoms with Crippen LogP contribution in [0.5, 0.6) is 5.88 Å². The Morgan fingerprint density at radius 3 is 2.76 bits per heavy atom. The van der Waals surface area contributed by atoms with Crippen LogP contribution in [-0.2, 0) is 6.61 Å². The van der Waals surface area contributed by atoms with Crippen LogP contribution in [0, 0.1) is 0 Å². The van der Waals surface area contributed by atoms with Crippen LogP contribution >= 0.6 is 11.6 Å². The molecule has 96 valence electrons. The maximum absolute atomic E-state index is 9.04. The fourth-order valence-electron chi connectivity index (χ4n) is 1.54. The molecule has 3 nitrogen and oxygen atoms in total. The molecule has 1 aromatic rings. The first kappa shape index (κ1) is 14.3. The van der Waals surface area contributed by atoms with Gasteiger partial charge in [0.25, 0.3) is 0 Å². The molecule has 0 radical (unpaired) electrons. The average molecular weight is 258 g/mol. The smallest absolute Gasteiger partial charge is 0.213 e. The summed E-state index contributed by atoms with van der Waals surface area (Å²) in [5.41, 5.74) is 0.655. The minimum absolute atomic E-state index is 0.0891. The van der Waals surface area contributed by atoms with Gasteiger partial charge in [0.05, 0.1) is 18.2 Å². The van der Waals surface area contributed by atoms with Crippen LogP contribution in [0.4, 0.5) is 0 Å². The Labute approximate surface area is 108 Å². The maximum atomic E-state index is 9.04. The van der Waals surface area contributed by atoms with Crippen molar-refractivity contribution < 1.29 is 9.84 Å². The maximum Gasteiger partial charge on any atom is 0.213 e. The lowest BCUT2D eigenvalue weighted by atomic mass is 10.2. The van der Waals surface area contributed by atoms with Crippen LogP contribution in [0.15, 0.2) is 12.3 Å². The number of hydrogen-bond donors (Lipinski definition) is 1. The molecule has 0 amide bonds. The standard InChI is InChI=1S/C13H20ClNO2/c1-2-3-4-5-6-7-17-13-8-11(10-16)12(14)9-15-13/h8-9,16H,2-7,10H2,1H3. The summed E-state index contributed by atoms with van der Waals surface area (Å²) in [6, 6.07) is 1.69. The summed E-state index contributed by atoms with van der Waals surface area (Å²) in [6.07, 6.45) is 7.54. The lowest BCUT2D eigenvalue weighted by molar-refractivity contribution is 0.275. The second kappa shape index (κ2) is 8.31. The Morgan fingerprint density at radius 1 is 1.29 bits per heavy atom. The van der Waals surface area contributed by atoms with E-state index in [0.29, 0.717) is 23.1 Å². The Morgan fingerprint density at radius 2 is 2.06 bits per heavy atom. The molecule has 4 heteroatoms. The highest BCUT2D eigenvalue weighted by Gasteiger charge is 2.03. The van der Waals surface area contributed by atoms with Crippen LogP contribution < -0.4 is 4.74 Å². The number of pyridine rings is 1. The van der Waals surface area contributed by atoms with Gasteiger partial charge in [0, 0.05) is 17.8 Å². The molecule has 0 aliphatic heterocycles. The molecule has 0 spiro atoms. The van der Waals surface area contributed by atoms with E-state index in [-0.39, 0.29) is 6.61 Å². The van der Waals surface area contributed by atoms with Crippen molar-refractivity contribution >= 4 is 11.6 Å². The van der Waals surface area contributed by atoms with Crippen molar-refractivity contribution in [2.24, 2.45) is 0 Å². The average Bonchev–Trinajstić information content (AvgIpc) is 2.35. The predicted molar refractivity (Wildman–Crippen MR) is 69.4 cm³/mol. The van der Waals surface area contributed by atoms with Crippen LogP contribution in [0.3, 0.4) is 0 Å². The molecule has 0 fully saturated rings. The van der Waals surface area contributed by atoms with E-state index in [4.69, 9.17) is 21.4 Å². The Kier molecular flexibility index (Phi) is 6.97. The SMILES string of the molecule is CCCCCCCOc1cc(CO)c(Cl)cn1. The third-order valence-electron chi connectivity index (χ3n) is 2.58. The minimum atomic E-state index is -0.0891. The normalized spacial score (nSPS) is 10.5. The summed E-state index contributed by atoms with van der Waals surface area (Å²) in [5, 5.41) is 9.52. The van der Waals surface area contributed by atoms with E-state index in [1.165, 1.54) is 31.9 Å². The van der Waals surface area contributed by atoms with Gasteiger partial charge in [0.2, 0.25) is 5.88 Å². The molecule has 0 aromatic carbocycles. The Hall–Kier alpha value is -0.800. The first-order chi connectivity index (χ1) is 8.27. The van der Waals surface area contributed by atoms with Gasteiger partial charge in [-0.05, 0) is 6.42 Å². The van der Waals surface area contributed by atoms with Gasteiger partial charge in [0.15, 0.2) is 0 Å². The number of nitrogens with zero attached hydrogens (tertiary/aromatic N) is 1. The second-order valence-electron chi connectivity index (χ2n) is 4.03. The molecule has 1 aromatic heterocycles. The quantitative estimate of drug-likeness (QED) is 0.724. The summed E-state index contributed by atoms with van der Waals surface area (Å²) < 4.78 is 5.50. The van der Waals surface area contributed by atoms with Crippen LogP contribution in [-0.4, -0.2) is 16.7 Å². The molecule has 1 rings (SSSR count). The van der Waals surface area contributed by atoms with Crippen molar-refractivity contribution in [2.75, 3.05) is 6.61 Å². The van der Waals surface area contributed by atoms with Crippen molar-refractivity contribution in [2.45, 2.75) is 45.6 Å². The second-order valence-corrected chi connectivity index (χ2v) is 4.44. The summed E-state index contributed by atoms with van der Waals surface area (Å²) in [5.74, 6) is 0.536. The lowest BCUT2D eigenvalue weighted by Crippen LogP contribution is -2.00. The number of aliphatic hydroxyl groups is 1. The predicted octanol–water partition coefficient (Wildman–Crippen LogP) is 3.58. The topological polar surface area (TPSA) is 42.4 Å². The van der Waals surface area contributed by atoms with Crippen LogP contribution in [0.1, 0.15) is 44.6 Å². The summed E-state index contributed by atoms with van der Waals surface area (Å²) >= 11 is 5.84. The van der Waals surface area contributed by atoms with Gasteiger partial charge in [-0.1, -0.05) is 44.2 Å². The van der Waals surface area contributed by atoms with Gasteiger partial charge in [-0.15, -0.1) is 0 Å². The fraction of sp³-hybridized carbons (Fsp3) is 0.615. The van der Waals surface area contributed by atoms with E-state index < -0.39 is 0 Å². The Balaban J connectivity index is 2.27. The Bertz CT molecular complexity index is 331. The molecule has 0 aliphatic carbocycles. The fourth-order valence-corrected chi connectivity index (χ4v) is 1.70. The first-order valence-electron chi connectivity index (χ1n) is 6.16. The summed E-state index contributed by atoms with van der Waals surface area (Å²) in [6.45, 7) is 2.78. The van der Waals surface area contributed by atoms with Gasteiger partial charge < -0.3 is 9.84 Å². The van der Waals surface area contributed by atoms with Crippen molar-refractivity contribution in [1.29, 1.82) is 0 Å². The van der Waals surface area contributed by atoms with Crippen molar-refractivity contribution in [1.82, 2.24) is 4.98 Å². The largest absolute Gasteiger partial charge is 0.478 e. The highest BCUT2D eigenvalue weighted by Crippen LogP contribution is 2.19. The first-order valence-corrected chi connectivity index (χ1v) is 6.53. The van der Waals surface area contributed by atoms with Crippen molar-refractivity contribution in [3.05, 3.63) is 22.8 Å². The monoisotopic (exact) mass is 257 g/mol. The van der Waals surface area contributed by atoms with E-state index in [2.05, 4.69) is 11.9 Å². The highest BCUT2D eigenvalue weighted by molar-refractivity contribution is 6.31. The zero-order valence-corrected chi connectivity index (χ0v) is 11.0. The molecule has 0 atom stereocenters. The molecule has 1 N–H and O–H groups in total. The van der Waals surface area contributed by atoms with Gasteiger partial charge in [-0.25, -0.2) is 4.98 Å². The third-order valence-corrected chi connectivity index (χ3v) is 2.92. The van der Waals surface area contributed by atoms with E-state index in [9.17, 15) is 0 Å². The zero-order chi connectivity index (χ0) is 12.5. The van der Waals surface area contributed by atoms with Gasteiger partial charge in [-0.3, -0.25) is 0 Å². The van der Waals surface area contributed by atoms with Gasteiger partial charge in [0.1, 0.15) is 0 Å². The number of aliphatic hydroxyl groups excluding tert-OH is 1. The van der Waals surface area contributed by atoms with Gasteiger partial charge in [-0.2, -0.15) is 0 Å². The van der Waals surface area contributed by atoms with Crippen LogP contribution in [0.2, 0.25) is 5.02 Å². The molecular weight excluding hydrogens is 238 g/mol. The molecule has 17 heavy (non-hydrogen) atoms. The number of rotatable bonds is 8. The minimum Gasteiger partial charge on any atom is -0.478 e. The molecule has 0 saturated carbocycles. The molecule has 0 saturated heterocycles. The zero-order valence-electron chi connectivity index (χ0n) is 10.3. The van der Waals surface area contributed by atoms with Crippen molar-refractivity contribution in [3.8, 4) is 5.88 Å².